The molecule has 0 aromatic heterocycles. The Labute approximate surface area is 227 Å². The lowest BCUT2D eigenvalue weighted by molar-refractivity contribution is 0.0717. The predicted molar refractivity (Wildman–Crippen MR) is 152 cm³/mol. The molecule has 3 aliphatic heterocycles. The number of thiol groups is 3. The molecule has 0 radical (unpaired) electrons. The van der Waals surface area contributed by atoms with Crippen LogP contribution in [0.25, 0.3) is 0 Å². The molecule has 3 unspecified atom stereocenters. The monoisotopic (exact) mass is 563 g/mol. The smallest absolute Gasteiger partial charge is 0.266 e. The molecule has 6 rings (SSSR count). The molecular formula is C21H18BN3O3S6. The molecule has 3 aromatic carbocycles. The van der Waals surface area contributed by atoms with Gasteiger partial charge in [-0.25, -0.2) is 15.2 Å². The van der Waals surface area contributed by atoms with E-state index in [0.29, 0.717) is 0 Å². The average molecular weight is 564 g/mol. The highest BCUT2D eigenvalue weighted by Gasteiger charge is 2.43. The normalized spacial score (nSPS) is 22.7. The summed E-state index contributed by atoms with van der Waals surface area (Å²) < 4.78 is 18.2. The molecule has 0 spiro atoms. The number of anilines is 3. The van der Waals surface area contributed by atoms with Crippen LogP contribution in [0.3, 0.4) is 0 Å². The third-order valence-corrected chi connectivity index (χ3v) is 9.79. The molecule has 0 fully saturated rings. The van der Waals surface area contributed by atoms with Gasteiger partial charge in [0.1, 0.15) is 14.1 Å². The van der Waals surface area contributed by atoms with Crippen LogP contribution < -0.4 is 15.2 Å². The van der Waals surface area contributed by atoms with Gasteiger partial charge in [0, 0.05) is 14.7 Å². The Morgan fingerprint density at radius 1 is 0.529 bits per heavy atom. The van der Waals surface area contributed by atoms with Crippen molar-refractivity contribution >= 4 is 97.6 Å². The van der Waals surface area contributed by atoms with Gasteiger partial charge >= 0.3 is 7.32 Å². The van der Waals surface area contributed by atoms with Gasteiger partial charge < -0.3 is 0 Å². The highest BCUT2D eigenvalue weighted by molar-refractivity contribution is 8.11. The van der Waals surface area contributed by atoms with Crippen LogP contribution in [0.5, 0.6) is 0 Å². The van der Waals surface area contributed by atoms with Crippen molar-refractivity contribution in [2.24, 2.45) is 0 Å². The van der Waals surface area contributed by atoms with Crippen LogP contribution in [0.2, 0.25) is 0 Å². The minimum Gasteiger partial charge on any atom is -0.266 e. The summed E-state index contributed by atoms with van der Waals surface area (Å²) in [7, 11) is -1.13. The fourth-order valence-corrected chi connectivity index (χ4v) is 8.04. The van der Waals surface area contributed by atoms with Crippen molar-refractivity contribution in [3.8, 4) is 0 Å². The molecule has 34 heavy (non-hydrogen) atoms. The first-order valence-corrected chi connectivity index (χ1v) is 14.5. The molecule has 3 aromatic rings. The zero-order valence-corrected chi connectivity index (χ0v) is 22.5. The minimum absolute atomic E-state index is 0.258. The third-order valence-electron chi connectivity index (χ3n) is 5.21. The van der Waals surface area contributed by atoms with Crippen molar-refractivity contribution in [3.05, 3.63) is 72.8 Å². The van der Waals surface area contributed by atoms with E-state index in [0.717, 1.165) is 31.7 Å². The standard InChI is InChI=1S/C21H18BN3O3S6/c29-19-23(13-7-1-4-10-16(13)32-19)26-22(27-24-14-8-2-5-11-17(14)33-20(24)30)28-25-15-9-3-6-12-18(15)34-21(25)31/h1-12,19-21,29-31H. The summed E-state index contributed by atoms with van der Waals surface area (Å²) in [4.78, 5) is 3.22. The van der Waals surface area contributed by atoms with E-state index in [2.05, 4.69) is 0 Å². The quantitative estimate of drug-likeness (QED) is 0.239. The summed E-state index contributed by atoms with van der Waals surface area (Å²) in [6.07, 6.45) is 0. The summed E-state index contributed by atoms with van der Waals surface area (Å²) in [6.45, 7) is 0. The summed E-state index contributed by atoms with van der Waals surface area (Å²) >= 11 is 18.9. The van der Waals surface area contributed by atoms with Gasteiger partial charge in [0.25, 0.3) is 0 Å². The Bertz CT molecular complexity index is 1070. The molecule has 6 nitrogen and oxygen atoms in total. The van der Waals surface area contributed by atoms with Crippen LogP contribution in [0, 0.1) is 0 Å². The first-order chi connectivity index (χ1) is 16.6. The van der Waals surface area contributed by atoms with Crippen LogP contribution >= 0.6 is 73.2 Å². The summed E-state index contributed by atoms with van der Waals surface area (Å²) in [5.41, 5.74) is 2.71. The second kappa shape index (κ2) is 9.87. The highest BCUT2D eigenvalue weighted by Crippen LogP contribution is 2.48. The van der Waals surface area contributed by atoms with E-state index in [4.69, 9.17) is 52.2 Å². The number of hydroxylamine groups is 3. The Morgan fingerprint density at radius 2 is 0.824 bits per heavy atom. The second-order valence-electron chi connectivity index (χ2n) is 7.32. The first kappa shape index (κ1) is 23.5. The molecule has 13 heteroatoms. The molecule has 0 aliphatic carbocycles. The van der Waals surface area contributed by atoms with E-state index in [1.54, 1.807) is 50.5 Å². The van der Waals surface area contributed by atoms with Gasteiger partial charge in [-0.3, -0.25) is 14.3 Å². The van der Waals surface area contributed by atoms with Crippen LogP contribution in [0.4, 0.5) is 17.1 Å². The lowest BCUT2D eigenvalue weighted by Crippen LogP contribution is -2.47. The average Bonchev–Trinajstić information content (AvgIpc) is 3.45. The number of nitrogens with zero attached hydrogens (tertiary/aromatic N) is 3. The lowest BCUT2D eigenvalue weighted by atomic mass is 10.2. The molecule has 3 heterocycles. The Morgan fingerprint density at radius 3 is 1.15 bits per heavy atom. The molecule has 3 atom stereocenters. The molecule has 0 bridgehead atoms. The third kappa shape index (κ3) is 4.39. The topological polar surface area (TPSA) is 37.4 Å². The SMILES string of the molecule is SC1Sc2ccccc2N1OB(ON1c2ccccc2SC1S)ON1c2ccccc2SC1S. The van der Waals surface area contributed by atoms with E-state index >= 15 is 0 Å². The van der Waals surface area contributed by atoms with Crippen molar-refractivity contribution in [1.82, 2.24) is 0 Å². The number of thioether (sulfide) groups is 3. The maximum absolute atomic E-state index is 6.32. The molecule has 0 amide bonds. The predicted octanol–water partition coefficient (Wildman–Crippen LogP) is 6.24. The Hall–Kier alpha value is -0.895. The summed E-state index contributed by atoms with van der Waals surface area (Å²) in [5, 5.41) is 5.12. The van der Waals surface area contributed by atoms with Crippen LogP contribution in [0.1, 0.15) is 0 Å². The van der Waals surface area contributed by atoms with Gasteiger partial charge in [0.2, 0.25) is 0 Å². The van der Waals surface area contributed by atoms with E-state index < -0.39 is 7.32 Å². The largest absolute Gasteiger partial charge is 0.708 e. The number of benzene rings is 3. The van der Waals surface area contributed by atoms with E-state index in [1.165, 1.54) is 0 Å². The fraction of sp³-hybridized carbons (Fsp3) is 0.143. The molecule has 0 saturated heterocycles. The number of fused-ring (bicyclic) bond motifs is 3. The van der Waals surface area contributed by atoms with Crippen LogP contribution in [-0.4, -0.2) is 21.4 Å². The minimum atomic E-state index is -1.13. The zero-order chi connectivity index (χ0) is 23.2. The Kier molecular flexibility index (Phi) is 6.82. The van der Waals surface area contributed by atoms with Crippen molar-refractivity contribution in [3.63, 3.8) is 0 Å². The van der Waals surface area contributed by atoms with Gasteiger partial charge in [-0.15, -0.1) is 37.9 Å². The number of rotatable bonds is 6. The van der Waals surface area contributed by atoms with E-state index in [1.807, 2.05) is 72.8 Å². The molecule has 3 aliphatic rings. The van der Waals surface area contributed by atoms with E-state index in [9.17, 15) is 0 Å². The highest BCUT2D eigenvalue weighted by atomic mass is 32.2. The first-order valence-electron chi connectivity index (χ1n) is 10.3. The zero-order valence-electron chi connectivity index (χ0n) is 17.4. The summed E-state index contributed by atoms with van der Waals surface area (Å²) in [5.74, 6) is 0. The Balaban J connectivity index is 1.30. The lowest BCUT2D eigenvalue weighted by Gasteiger charge is -2.32. The summed E-state index contributed by atoms with van der Waals surface area (Å²) in [6, 6.07) is 24.0. The molecule has 174 valence electrons. The van der Waals surface area contributed by atoms with Crippen molar-refractivity contribution in [2.45, 2.75) is 28.8 Å². The van der Waals surface area contributed by atoms with Gasteiger partial charge in [0.15, 0.2) is 0 Å². The van der Waals surface area contributed by atoms with Gasteiger partial charge in [-0.2, -0.15) is 0 Å². The maximum atomic E-state index is 6.32. The fourth-order valence-electron chi connectivity index (χ4n) is 3.72. The molecule has 0 saturated carbocycles. The maximum Gasteiger partial charge on any atom is 0.708 e. The van der Waals surface area contributed by atoms with E-state index in [-0.39, 0.29) is 14.1 Å². The molecule has 0 N–H and O–H groups in total. The number of para-hydroxylation sites is 3. The van der Waals surface area contributed by atoms with Gasteiger partial charge in [-0.1, -0.05) is 71.7 Å². The number of hydrogen-bond donors (Lipinski definition) is 3. The number of hydrogen-bond acceptors (Lipinski definition) is 12. The van der Waals surface area contributed by atoms with Crippen LogP contribution in [0.15, 0.2) is 87.5 Å². The van der Waals surface area contributed by atoms with Gasteiger partial charge in [0.05, 0.1) is 17.1 Å². The second-order valence-corrected chi connectivity index (χ2v) is 13.2. The van der Waals surface area contributed by atoms with Crippen LogP contribution in [-0.2, 0) is 14.3 Å². The molecular weight excluding hydrogens is 545 g/mol. The van der Waals surface area contributed by atoms with Crippen molar-refractivity contribution in [1.29, 1.82) is 0 Å². The van der Waals surface area contributed by atoms with Gasteiger partial charge in [-0.05, 0) is 36.4 Å². The van der Waals surface area contributed by atoms with Crippen molar-refractivity contribution in [2.75, 3.05) is 15.2 Å². The van der Waals surface area contributed by atoms with Crippen molar-refractivity contribution < 1.29 is 14.3 Å².